The molecule has 0 radical (unpaired) electrons. The molecule has 0 saturated carbocycles. The van der Waals surface area contributed by atoms with Gasteiger partial charge in [0.05, 0.1) is 11.7 Å². The highest BCUT2D eigenvalue weighted by Gasteiger charge is 2.75. The summed E-state index contributed by atoms with van der Waals surface area (Å²) in [6.45, 7) is -0.0448. The first-order chi connectivity index (χ1) is 16.8. The average Bonchev–Trinajstić information content (AvgIpc) is 3.49. The lowest BCUT2D eigenvalue weighted by atomic mass is 9.98. The first-order valence-electron chi connectivity index (χ1n) is 10.4. The lowest BCUT2D eigenvalue weighted by Crippen LogP contribution is -2.75. The monoisotopic (exact) mass is 517 g/mol. The molecule has 0 bridgehead atoms. The fourth-order valence-electron chi connectivity index (χ4n) is 4.17. The molecule has 3 fully saturated rings. The number of oxime groups is 1. The van der Waals surface area contributed by atoms with Crippen molar-refractivity contribution in [1.29, 1.82) is 0 Å². The number of carbonyl (C=O) groups is 4. The Balaban J connectivity index is 1.33. The van der Waals surface area contributed by atoms with Crippen LogP contribution < -0.4 is 11.1 Å². The van der Waals surface area contributed by atoms with Crippen molar-refractivity contribution in [1.82, 2.24) is 15.2 Å². The molecule has 3 N–H and O–H groups in total. The molecule has 182 valence electrons. The minimum absolute atomic E-state index is 0.0448. The standard InChI is InChI=1S/C21H19N5O7S2/c1-31-25-14(11-9-34-20(22)23-11)16(28)24-15-17(29)26-18(15)35-12-7-13(27)33-21(12,26)19(30)32-8-10-5-3-2-4-6-10/h2-6,9,12,15,18H,7-8H2,1H3,(H2,22,23)(H,24,28)/b25-14-/t12-,15+,18+,21-/m0/s1. The molecular formula is C21H19N5O7S2. The van der Waals surface area contributed by atoms with Crippen LogP contribution in [-0.2, 0) is 40.1 Å². The second-order valence-electron chi connectivity index (χ2n) is 7.80. The predicted octanol–water partition coefficient (Wildman–Crippen LogP) is 0.231. The first kappa shape index (κ1) is 23.1. The Morgan fingerprint density at radius 2 is 2.11 bits per heavy atom. The highest BCUT2D eigenvalue weighted by molar-refractivity contribution is 8.01. The zero-order chi connectivity index (χ0) is 24.7. The number of rotatable bonds is 7. The number of nitrogens with one attached hydrogen (secondary N) is 1. The number of anilines is 1. The largest absolute Gasteiger partial charge is 0.456 e. The van der Waals surface area contributed by atoms with Gasteiger partial charge in [-0.1, -0.05) is 35.5 Å². The van der Waals surface area contributed by atoms with Gasteiger partial charge in [0.2, 0.25) is 0 Å². The number of ether oxygens (including phenoxy) is 2. The molecule has 3 aliphatic heterocycles. The highest BCUT2D eigenvalue weighted by Crippen LogP contribution is 2.55. The van der Waals surface area contributed by atoms with Gasteiger partial charge in [-0.2, -0.15) is 0 Å². The summed E-state index contributed by atoms with van der Waals surface area (Å²) in [6, 6.07) is 8.02. The van der Waals surface area contributed by atoms with Crippen LogP contribution >= 0.6 is 23.1 Å². The van der Waals surface area contributed by atoms with Gasteiger partial charge in [0.15, 0.2) is 10.8 Å². The van der Waals surface area contributed by atoms with E-state index >= 15 is 0 Å². The van der Waals surface area contributed by atoms with Crippen LogP contribution in [0.1, 0.15) is 17.7 Å². The number of thiazole rings is 1. The number of esters is 2. The summed E-state index contributed by atoms with van der Waals surface area (Å²) in [5, 5.41) is 6.79. The summed E-state index contributed by atoms with van der Waals surface area (Å²) in [5.41, 5.74) is 4.56. The van der Waals surface area contributed by atoms with Gasteiger partial charge in [-0.05, 0) is 5.56 Å². The maximum atomic E-state index is 13.2. The van der Waals surface area contributed by atoms with E-state index in [1.54, 1.807) is 24.3 Å². The molecule has 4 heterocycles. The number of fused-ring (bicyclic) bond motifs is 3. The maximum Gasteiger partial charge on any atom is 0.374 e. The maximum absolute atomic E-state index is 13.2. The van der Waals surface area contributed by atoms with Crippen LogP contribution in [0.5, 0.6) is 0 Å². The zero-order valence-electron chi connectivity index (χ0n) is 18.2. The van der Waals surface area contributed by atoms with Crippen molar-refractivity contribution in [2.45, 2.75) is 35.4 Å². The number of thioether (sulfide) groups is 1. The number of benzene rings is 1. The van der Waals surface area contributed by atoms with E-state index in [2.05, 4.69) is 15.5 Å². The van der Waals surface area contributed by atoms with E-state index in [4.69, 9.17) is 20.0 Å². The van der Waals surface area contributed by atoms with E-state index in [0.29, 0.717) is 0 Å². The molecule has 2 amide bonds. The van der Waals surface area contributed by atoms with Crippen molar-refractivity contribution in [3.63, 3.8) is 0 Å². The van der Waals surface area contributed by atoms with Crippen LogP contribution in [0.4, 0.5) is 5.13 Å². The third-order valence-corrected chi connectivity index (χ3v) is 7.97. The molecule has 0 unspecified atom stereocenters. The van der Waals surface area contributed by atoms with Crippen LogP contribution in [0, 0.1) is 0 Å². The van der Waals surface area contributed by atoms with E-state index in [-0.39, 0.29) is 29.6 Å². The Morgan fingerprint density at radius 1 is 1.34 bits per heavy atom. The van der Waals surface area contributed by atoms with Crippen molar-refractivity contribution in [2.24, 2.45) is 5.16 Å². The minimum Gasteiger partial charge on any atom is -0.456 e. The number of carbonyl (C=O) groups excluding carboxylic acids is 4. The van der Waals surface area contributed by atoms with E-state index < -0.39 is 46.1 Å². The van der Waals surface area contributed by atoms with Crippen LogP contribution in [0.3, 0.4) is 0 Å². The third-order valence-electron chi connectivity index (χ3n) is 5.72. The fraction of sp³-hybridized carbons (Fsp3) is 0.333. The van der Waals surface area contributed by atoms with Gasteiger partial charge in [-0.3, -0.25) is 19.3 Å². The molecule has 4 atom stereocenters. The van der Waals surface area contributed by atoms with E-state index in [9.17, 15) is 19.2 Å². The van der Waals surface area contributed by atoms with Crippen molar-refractivity contribution in [3.8, 4) is 0 Å². The third kappa shape index (κ3) is 3.78. The number of aromatic nitrogens is 1. The molecule has 0 aliphatic carbocycles. The zero-order valence-corrected chi connectivity index (χ0v) is 19.8. The Labute approximate surface area is 206 Å². The number of nitrogens with two attached hydrogens (primary N) is 1. The molecule has 12 nitrogen and oxygen atoms in total. The summed E-state index contributed by atoms with van der Waals surface area (Å²) >= 11 is 2.32. The van der Waals surface area contributed by atoms with Gasteiger partial charge < -0.3 is 25.4 Å². The molecule has 35 heavy (non-hydrogen) atoms. The van der Waals surface area contributed by atoms with Crippen molar-refractivity contribution >= 4 is 57.7 Å². The SMILES string of the molecule is CO/N=C(\C(=O)N[C@@H]1C(=O)N2[C@@H]1S[C@H]1CC(=O)O[C@]12C(=O)OCc1ccccc1)c1csc(N)n1. The van der Waals surface area contributed by atoms with Gasteiger partial charge in [-0.15, -0.1) is 23.1 Å². The molecule has 1 aromatic heterocycles. The van der Waals surface area contributed by atoms with E-state index in [0.717, 1.165) is 16.9 Å². The van der Waals surface area contributed by atoms with Crippen LogP contribution in [0.2, 0.25) is 0 Å². The summed E-state index contributed by atoms with van der Waals surface area (Å²) in [5.74, 6) is -2.72. The number of β-lactam (4-membered cyclic amide) rings is 1. The normalized spacial score (nSPS) is 26.9. The molecule has 1 aromatic carbocycles. The van der Waals surface area contributed by atoms with Gasteiger partial charge in [0.1, 0.15) is 30.8 Å². The summed E-state index contributed by atoms with van der Waals surface area (Å²) in [4.78, 5) is 61.3. The molecule has 0 spiro atoms. The van der Waals surface area contributed by atoms with Crippen molar-refractivity contribution in [3.05, 3.63) is 47.0 Å². The second kappa shape index (κ2) is 8.85. The van der Waals surface area contributed by atoms with Crippen LogP contribution in [-0.4, -0.2) is 68.8 Å². The lowest BCUT2D eigenvalue weighted by Gasteiger charge is -2.46. The Kier molecular flexibility index (Phi) is 5.84. The molecular weight excluding hydrogens is 498 g/mol. The number of hydrogen-bond donors (Lipinski definition) is 2. The van der Waals surface area contributed by atoms with Gasteiger partial charge in [-0.25, -0.2) is 9.78 Å². The lowest BCUT2D eigenvalue weighted by molar-refractivity contribution is -0.208. The molecule has 14 heteroatoms. The Morgan fingerprint density at radius 3 is 2.80 bits per heavy atom. The van der Waals surface area contributed by atoms with Crippen molar-refractivity contribution in [2.75, 3.05) is 12.8 Å². The molecule has 3 saturated heterocycles. The number of nitrogens with zero attached hydrogens (tertiary/aromatic N) is 3. The van der Waals surface area contributed by atoms with E-state index in [1.807, 2.05) is 6.07 Å². The summed E-state index contributed by atoms with van der Waals surface area (Å²) < 4.78 is 10.9. The molecule has 3 aliphatic rings. The highest BCUT2D eigenvalue weighted by atomic mass is 32.2. The van der Waals surface area contributed by atoms with Crippen LogP contribution in [0.25, 0.3) is 0 Å². The summed E-state index contributed by atoms with van der Waals surface area (Å²) in [6.07, 6.45) is -0.0689. The Hall–Kier alpha value is -3.65. The first-order valence-corrected chi connectivity index (χ1v) is 12.2. The smallest absolute Gasteiger partial charge is 0.374 e. The summed E-state index contributed by atoms with van der Waals surface area (Å²) in [7, 11) is 1.27. The van der Waals surface area contributed by atoms with Gasteiger partial charge in [0, 0.05) is 5.38 Å². The topological polar surface area (TPSA) is 163 Å². The van der Waals surface area contributed by atoms with Crippen molar-refractivity contribution < 1.29 is 33.5 Å². The number of nitrogen functional groups attached to an aromatic ring is 1. The van der Waals surface area contributed by atoms with Gasteiger partial charge >= 0.3 is 11.9 Å². The Bertz CT molecular complexity index is 1240. The predicted molar refractivity (Wildman–Crippen MR) is 124 cm³/mol. The molecule has 5 rings (SSSR count). The second-order valence-corrected chi connectivity index (χ2v) is 10.0. The van der Waals surface area contributed by atoms with E-state index in [1.165, 1.54) is 29.2 Å². The fourth-order valence-corrected chi connectivity index (χ4v) is 6.46. The molecule has 2 aromatic rings. The van der Waals surface area contributed by atoms with Gasteiger partial charge in [0.25, 0.3) is 17.5 Å². The average molecular weight is 518 g/mol. The number of amides is 2. The minimum atomic E-state index is -1.87. The van der Waals surface area contributed by atoms with Crippen LogP contribution in [0.15, 0.2) is 40.9 Å². The quantitative estimate of drug-likeness (QED) is 0.225. The number of hydrogen-bond acceptors (Lipinski definition) is 12.